The molecule has 0 bridgehead atoms. The summed E-state index contributed by atoms with van der Waals surface area (Å²) in [5, 5.41) is 0.716. The Bertz CT molecular complexity index is 1590. The molecule has 1 aromatic heterocycles. The zero-order chi connectivity index (χ0) is 30.5. The molecule has 1 saturated heterocycles. The molecule has 0 spiro atoms. The number of benzene rings is 3. The second-order valence-electron chi connectivity index (χ2n) is 11.1. The second-order valence-corrected chi connectivity index (χ2v) is 11.1. The Morgan fingerprint density at radius 2 is 1.53 bits per heavy atom. The first-order chi connectivity index (χ1) is 20.9. The van der Waals surface area contributed by atoms with E-state index >= 15 is 0 Å². The zero-order valence-corrected chi connectivity index (χ0v) is 25.9. The summed E-state index contributed by atoms with van der Waals surface area (Å²) in [5.74, 6) is 3.16. The average molecular weight is 588 g/mol. The average Bonchev–Trinajstić information content (AvgIpc) is 3.04. The fourth-order valence-corrected chi connectivity index (χ4v) is 6.40. The highest BCUT2D eigenvalue weighted by Crippen LogP contribution is 2.48. The minimum Gasteiger partial charge on any atom is -0.496 e. The molecule has 0 unspecified atom stereocenters. The van der Waals surface area contributed by atoms with Crippen LogP contribution in [0.25, 0.3) is 22.1 Å². The fraction of sp³-hybridized carbons (Fsp3) is 0.400. The first-order valence-electron chi connectivity index (χ1n) is 14.7. The van der Waals surface area contributed by atoms with Gasteiger partial charge in [0.25, 0.3) is 0 Å². The van der Waals surface area contributed by atoms with Crippen LogP contribution in [-0.4, -0.2) is 60.1 Å². The normalized spacial score (nSPS) is 16.1. The molecule has 1 aliphatic rings. The number of methoxy groups -OCH3 is 5. The minimum atomic E-state index is -0.448. The van der Waals surface area contributed by atoms with Crippen LogP contribution in [0.2, 0.25) is 0 Å². The van der Waals surface area contributed by atoms with Crippen LogP contribution in [0.5, 0.6) is 28.7 Å². The lowest BCUT2D eigenvalue weighted by atomic mass is 9.84. The molecule has 1 fully saturated rings. The van der Waals surface area contributed by atoms with Gasteiger partial charge in [0.05, 0.1) is 40.9 Å². The van der Waals surface area contributed by atoms with E-state index in [-0.39, 0.29) is 5.92 Å². The van der Waals surface area contributed by atoms with Crippen molar-refractivity contribution in [1.82, 2.24) is 4.90 Å². The molecule has 43 heavy (non-hydrogen) atoms. The fourth-order valence-electron chi connectivity index (χ4n) is 6.40. The van der Waals surface area contributed by atoms with Crippen molar-refractivity contribution in [3.63, 3.8) is 0 Å². The van der Waals surface area contributed by atoms with E-state index in [1.165, 1.54) is 18.9 Å². The molecule has 1 aliphatic heterocycles. The minimum absolute atomic E-state index is 0.247. The van der Waals surface area contributed by atoms with Gasteiger partial charge in [-0.05, 0) is 61.5 Å². The molecule has 228 valence electrons. The summed E-state index contributed by atoms with van der Waals surface area (Å²) in [7, 11) is 8.05. The predicted molar refractivity (Wildman–Crippen MR) is 168 cm³/mol. The van der Waals surface area contributed by atoms with Gasteiger partial charge in [-0.1, -0.05) is 37.3 Å². The Labute approximate surface area is 253 Å². The first kappa shape index (κ1) is 30.3. The molecule has 2 heterocycles. The van der Waals surface area contributed by atoms with Gasteiger partial charge in [-0.15, -0.1) is 0 Å². The Morgan fingerprint density at radius 3 is 2.14 bits per heavy atom. The molecule has 8 nitrogen and oxygen atoms in total. The summed E-state index contributed by atoms with van der Waals surface area (Å²) >= 11 is 0. The number of piperidine rings is 1. The third-order valence-corrected chi connectivity index (χ3v) is 8.42. The Morgan fingerprint density at radius 1 is 0.860 bits per heavy atom. The van der Waals surface area contributed by atoms with Crippen LogP contribution in [0.3, 0.4) is 0 Å². The summed E-state index contributed by atoms with van der Waals surface area (Å²) in [5.41, 5.74) is 3.32. The number of nitrogens with zero attached hydrogens (tertiary/aromatic N) is 1. The largest absolute Gasteiger partial charge is 0.496 e. The molecule has 8 heteroatoms. The molecule has 0 saturated carbocycles. The van der Waals surface area contributed by atoms with Crippen molar-refractivity contribution >= 4 is 11.0 Å². The second kappa shape index (κ2) is 13.4. The van der Waals surface area contributed by atoms with E-state index in [9.17, 15) is 4.79 Å². The van der Waals surface area contributed by atoms with E-state index in [1.807, 2.05) is 48.5 Å². The smallest absolute Gasteiger partial charge is 0.336 e. The van der Waals surface area contributed by atoms with Gasteiger partial charge in [-0.3, -0.25) is 0 Å². The lowest BCUT2D eigenvalue weighted by molar-refractivity contribution is 0.180. The van der Waals surface area contributed by atoms with E-state index in [2.05, 4.69) is 11.8 Å². The molecule has 3 aromatic carbocycles. The summed E-state index contributed by atoms with van der Waals surface area (Å²) in [6.07, 6.45) is 3.17. The molecule has 0 radical (unpaired) electrons. The van der Waals surface area contributed by atoms with Crippen molar-refractivity contribution in [1.29, 1.82) is 0 Å². The van der Waals surface area contributed by atoms with Crippen molar-refractivity contribution < 1.29 is 28.1 Å². The van der Waals surface area contributed by atoms with E-state index in [1.54, 1.807) is 35.5 Å². The number of likely N-dealkylation sites (tertiary alicyclic amines) is 1. The van der Waals surface area contributed by atoms with Crippen LogP contribution < -0.4 is 29.3 Å². The quantitative estimate of drug-likeness (QED) is 0.178. The van der Waals surface area contributed by atoms with Gasteiger partial charge in [0.15, 0.2) is 11.5 Å². The van der Waals surface area contributed by atoms with Gasteiger partial charge in [0.1, 0.15) is 17.1 Å². The van der Waals surface area contributed by atoms with E-state index in [0.29, 0.717) is 45.6 Å². The number of rotatable bonds is 11. The van der Waals surface area contributed by atoms with E-state index in [4.69, 9.17) is 28.1 Å². The molecule has 2 atom stereocenters. The standard InChI is InChI=1S/C35H41NO7/c1-22-11-10-15-36(21-22)16-14-25(24-17-29(40-4)34(42-6)30(18-24)41-5)32-27(38-2)20-28(39-3)33-26(19-31(37)43-35(32)33)23-12-8-7-9-13-23/h7-9,12-13,17-20,22,25H,10-11,14-16,21H2,1-6H3/t22-,25+/m0/s1. The monoisotopic (exact) mass is 587 g/mol. The summed E-state index contributed by atoms with van der Waals surface area (Å²) in [4.78, 5) is 15.7. The van der Waals surface area contributed by atoms with Crippen molar-refractivity contribution in [3.8, 4) is 39.9 Å². The maximum atomic E-state index is 13.2. The highest BCUT2D eigenvalue weighted by atomic mass is 16.5. The van der Waals surface area contributed by atoms with Gasteiger partial charge >= 0.3 is 5.63 Å². The molecule has 4 aromatic rings. The highest BCUT2D eigenvalue weighted by molar-refractivity contribution is 6.00. The third-order valence-electron chi connectivity index (χ3n) is 8.42. The van der Waals surface area contributed by atoms with E-state index in [0.717, 1.165) is 48.3 Å². The van der Waals surface area contributed by atoms with Crippen molar-refractivity contribution in [2.24, 2.45) is 5.92 Å². The third kappa shape index (κ3) is 6.15. The van der Waals surface area contributed by atoms with Crippen LogP contribution in [0, 0.1) is 5.92 Å². The maximum absolute atomic E-state index is 13.2. The number of fused-ring (bicyclic) bond motifs is 1. The molecule has 5 rings (SSSR count). The zero-order valence-electron chi connectivity index (χ0n) is 25.9. The van der Waals surface area contributed by atoms with Crippen molar-refractivity contribution in [2.45, 2.75) is 32.1 Å². The SMILES string of the molecule is COc1cc([C@@H](CCN2CCC[C@H](C)C2)c2c(OC)cc(OC)c3c(-c4ccccc4)cc(=O)oc23)cc(OC)c1OC. The maximum Gasteiger partial charge on any atom is 0.336 e. The van der Waals surface area contributed by atoms with Crippen LogP contribution in [0.1, 0.15) is 43.2 Å². The summed E-state index contributed by atoms with van der Waals surface area (Å²) in [6.45, 7) is 5.27. The lowest BCUT2D eigenvalue weighted by Crippen LogP contribution is -2.35. The van der Waals surface area contributed by atoms with Crippen molar-refractivity contribution in [3.05, 3.63) is 76.1 Å². The topological polar surface area (TPSA) is 79.6 Å². The van der Waals surface area contributed by atoms with E-state index < -0.39 is 5.63 Å². The van der Waals surface area contributed by atoms with Crippen LogP contribution >= 0.6 is 0 Å². The first-order valence-corrected chi connectivity index (χ1v) is 14.7. The van der Waals surface area contributed by atoms with Gasteiger partial charge in [-0.2, -0.15) is 0 Å². The van der Waals surface area contributed by atoms with Gasteiger partial charge < -0.3 is 33.0 Å². The number of hydrogen-bond donors (Lipinski definition) is 0. The van der Waals surface area contributed by atoms with Gasteiger partial charge in [-0.25, -0.2) is 4.79 Å². The summed E-state index contributed by atoms with van der Waals surface area (Å²) < 4.78 is 35.1. The number of hydrogen-bond acceptors (Lipinski definition) is 8. The van der Waals surface area contributed by atoms with Crippen molar-refractivity contribution in [2.75, 3.05) is 55.2 Å². The predicted octanol–water partition coefficient (Wildman–Crippen LogP) is 6.76. The van der Waals surface area contributed by atoms with Crippen LogP contribution in [0.4, 0.5) is 0 Å². The Hall–Kier alpha value is -4.17. The van der Waals surface area contributed by atoms with Crippen LogP contribution in [-0.2, 0) is 0 Å². The highest BCUT2D eigenvalue weighted by Gasteiger charge is 2.30. The Kier molecular flexibility index (Phi) is 9.46. The Balaban J connectivity index is 1.79. The molecular weight excluding hydrogens is 546 g/mol. The molecule has 0 N–H and O–H groups in total. The van der Waals surface area contributed by atoms with Gasteiger partial charge in [0.2, 0.25) is 5.75 Å². The van der Waals surface area contributed by atoms with Gasteiger partial charge in [0, 0.05) is 35.7 Å². The molecule has 0 amide bonds. The summed E-state index contributed by atoms with van der Waals surface area (Å²) in [6, 6.07) is 17.2. The molecule has 0 aliphatic carbocycles. The molecular formula is C35H41NO7. The number of ether oxygens (including phenoxy) is 5. The lowest BCUT2D eigenvalue weighted by Gasteiger charge is -2.32. The van der Waals surface area contributed by atoms with Crippen LogP contribution in [0.15, 0.2) is 63.8 Å².